The molecule has 2 heterocycles. The predicted octanol–water partition coefficient (Wildman–Crippen LogP) is 3.04. The molecule has 2 aliphatic rings. The highest BCUT2D eigenvalue weighted by Gasteiger charge is 2.39. The lowest BCUT2D eigenvalue weighted by atomic mass is 10.2. The molecule has 0 aromatic heterocycles. The molecular formula is C20H29ClN4O2S. The van der Waals surface area contributed by atoms with Crippen LogP contribution >= 0.6 is 23.4 Å². The second kappa shape index (κ2) is 9.85. The molecule has 1 aromatic carbocycles. The fraction of sp³-hybridized carbons (Fsp3) is 0.600. The molecule has 1 aromatic rings. The van der Waals surface area contributed by atoms with Crippen molar-refractivity contribution in [2.45, 2.75) is 30.9 Å². The van der Waals surface area contributed by atoms with Crippen LogP contribution in [0.4, 0.5) is 4.79 Å². The molecular weight excluding hydrogens is 396 g/mol. The first-order valence-electron chi connectivity index (χ1n) is 9.96. The molecule has 2 saturated heterocycles. The lowest BCUT2D eigenvalue weighted by molar-refractivity contribution is -0.130. The van der Waals surface area contributed by atoms with Crippen LogP contribution < -0.4 is 5.32 Å². The Bertz CT molecular complexity index is 697. The fourth-order valence-electron chi connectivity index (χ4n) is 3.59. The number of thioether (sulfide) groups is 1. The first kappa shape index (κ1) is 21.3. The van der Waals surface area contributed by atoms with Gasteiger partial charge >= 0.3 is 6.03 Å². The maximum absolute atomic E-state index is 12.7. The van der Waals surface area contributed by atoms with Crippen molar-refractivity contribution in [2.75, 3.05) is 45.8 Å². The summed E-state index contributed by atoms with van der Waals surface area (Å²) in [6, 6.07) is 7.80. The number of rotatable bonds is 6. The van der Waals surface area contributed by atoms with Crippen molar-refractivity contribution < 1.29 is 9.59 Å². The third-order valence-corrected chi connectivity index (χ3v) is 6.98. The number of nitrogens with zero attached hydrogens (tertiary/aromatic N) is 3. The molecule has 3 amide bonds. The van der Waals surface area contributed by atoms with E-state index in [9.17, 15) is 9.59 Å². The summed E-state index contributed by atoms with van der Waals surface area (Å²) < 4.78 is 0. The molecule has 0 radical (unpaired) electrons. The van der Waals surface area contributed by atoms with Gasteiger partial charge in [-0.2, -0.15) is 0 Å². The molecule has 6 nitrogen and oxygen atoms in total. The van der Waals surface area contributed by atoms with E-state index in [1.54, 1.807) is 11.8 Å². The van der Waals surface area contributed by atoms with Crippen molar-refractivity contribution in [2.24, 2.45) is 0 Å². The topological polar surface area (TPSA) is 55.9 Å². The Hall–Kier alpha value is -1.44. The minimum absolute atomic E-state index is 0.0280. The summed E-state index contributed by atoms with van der Waals surface area (Å²) in [5.41, 5.74) is 1.00. The van der Waals surface area contributed by atoms with Gasteiger partial charge in [0.25, 0.3) is 0 Å². The van der Waals surface area contributed by atoms with Gasteiger partial charge in [0.15, 0.2) is 0 Å². The van der Waals surface area contributed by atoms with E-state index in [0.29, 0.717) is 11.6 Å². The van der Waals surface area contributed by atoms with Gasteiger partial charge < -0.3 is 15.1 Å². The zero-order valence-corrected chi connectivity index (χ0v) is 18.1. The van der Waals surface area contributed by atoms with E-state index < -0.39 is 0 Å². The number of amides is 3. The molecule has 0 aliphatic carbocycles. The van der Waals surface area contributed by atoms with Crippen LogP contribution in [-0.2, 0) is 4.79 Å². The first-order chi connectivity index (χ1) is 13.5. The quantitative estimate of drug-likeness (QED) is 0.762. The number of hydrogen-bond acceptors (Lipinski definition) is 4. The maximum atomic E-state index is 12.7. The number of halogens is 1. The van der Waals surface area contributed by atoms with Crippen LogP contribution in [0, 0.1) is 0 Å². The summed E-state index contributed by atoms with van der Waals surface area (Å²) in [5, 5.41) is 3.56. The lowest BCUT2D eigenvalue weighted by Gasteiger charge is -2.36. The standard InChI is InChI=1S/C20H29ClN4O2S/c1-3-8-22-20(27)24-12-9-23(10-13-24)11-14-25-18(26)15(2)28-19(25)16-6-4-5-7-17(16)21/h4-7,15,19H,3,8-14H2,1-2H3,(H,22,27)/t15-,19-/m1/s1. The van der Waals surface area contributed by atoms with Gasteiger partial charge in [-0.25, -0.2) is 4.79 Å². The highest BCUT2D eigenvalue weighted by atomic mass is 35.5. The molecule has 3 rings (SSSR count). The normalized spacial score (nSPS) is 23.3. The molecule has 8 heteroatoms. The highest BCUT2D eigenvalue weighted by Crippen LogP contribution is 2.44. The van der Waals surface area contributed by atoms with Gasteiger partial charge in [-0.15, -0.1) is 11.8 Å². The van der Waals surface area contributed by atoms with E-state index in [-0.39, 0.29) is 22.6 Å². The number of hydrogen-bond donors (Lipinski definition) is 1. The van der Waals surface area contributed by atoms with Gasteiger partial charge in [-0.1, -0.05) is 36.7 Å². The number of carbonyl (C=O) groups is 2. The summed E-state index contributed by atoms with van der Waals surface area (Å²) in [6.45, 7) is 9.33. The molecule has 1 N–H and O–H groups in total. The molecule has 2 aliphatic heterocycles. The van der Waals surface area contributed by atoms with Gasteiger partial charge in [0, 0.05) is 56.4 Å². The van der Waals surface area contributed by atoms with Crippen molar-refractivity contribution in [1.29, 1.82) is 0 Å². The SMILES string of the molecule is CCCNC(=O)N1CCN(CCN2C(=O)[C@@H](C)S[C@@H]2c2ccccc2Cl)CC1. The van der Waals surface area contributed by atoms with Gasteiger partial charge in [0.1, 0.15) is 5.37 Å². The van der Waals surface area contributed by atoms with Crippen LogP contribution in [0.25, 0.3) is 0 Å². The lowest BCUT2D eigenvalue weighted by Crippen LogP contribution is -2.53. The van der Waals surface area contributed by atoms with Gasteiger partial charge in [0.2, 0.25) is 5.91 Å². The third kappa shape index (κ3) is 4.93. The zero-order valence-electron chi connectivity index (χ0n) is 16.6. The molecule has 28 heavy (non-hydrogen) atoms. The summed E-state index contributed by atoms with van der Waals surface area (Å²) in [4.78, 5) is 30.9. The average molecular weight is 425 g/mol. The minimum atomic E-state index is -0.0552. The van der Waals surface area contributed by atoms with Crippen LogP contribution in [0.3, 0.4) is 0 Å². The van der Waals surface area contributed by atoms with E-state index in [2.05, 4.69) is 10.2 Å². The monoisotopic (exact) mass is 424 g/mol. The van der Waals surface area contributed by atoms with Crippen LogP contribution in [0.5, 0.6) is 0 Å². The van der Waals surface area contributed by atoms with Crippen molar-refractivity contribution in [3.8, 4) is 0 Å². The van der Waals surface area contributed by atoms with E-state index in [0.717, 1.165) is 51.3 Å². The van der Waals surface area contributed by atoms with Crippen molar-refractivity contribution in [3.05, 3.63) is 34.9 Å². The largest absolute Gasteiger partial charge is 0.338 e. The molecule has 0 spiro atoms. The summed E-state index contributed by atoms with van der Waals surface area (Å²) >= 11 is 8.05. The van der Waals surface area contributed by atoms with Gasteiger partial charge in [-0.3, -0.25) is 9.69 Å². The summed E-state index contributed by atoms with van der Waals surface area (Å²) in [6.07, 6.45) is 0.943. The Balaban J connectivity index is 1.54. The van der Waals surface area contributed by atoms with E-state index in [4.69, 9.17) is 11.6 Å². The third-order valence-electron chi connectivity index (χ3n) is 5.26. The second-order valence-corrected chi connectivity index (χ2v) is 9.08. The Labute approximate surface area is 176 Å². The Kier molecular flexibility index (Phi) is 7.48. The summed E-state index contributed by atoms with van der Waals surface area (Å²) in [5.74, 6) is 0.174. The van der Waals surface area contributed by atoms with E-state index in [1.165, 1.54) is 0 Å². The molecule has 0 saturated carbocycles. The van der Waals surface area contributed by atoms with Crippen LogP contribution in [0.15, 0.2) is 24.3 Å². The Morgan fingerprint density at radius 2 is 1.93 bits per heavy atom. The molecule has 2 fully saturated rings. The van der Waals surface area contributed by atoms with E-state index >= 15 is 0 Å². The smallest absolute Gasteiger partial charge is 0.317 e. The molecule has 0 bridgehead atoms. The molecule has 154 valence electrons. The van der Waals surface area contributed by atoms with Crippen molar-refractivity contribution >= 4 is 35.3 Å². The Morgan fingerprint density at radius 1 is 1.21 bits per heavy atom. The predicted molar refractivity (Wildman–Crippen MR) is 115 cm³/mol. The number of urea groups is 1. The maximum Gasteiger partial charge on any atom is 0.317 e. The number of nitrogens with one attached hydrogen (secondary N) is 1. The molecule has 2 atom stereocenters. The number of carbonyl (C=O) groups excluding carboxylic acids is 2. The van der Waals surface area contributed by atoms with Crippen LogP contribution in [-0.4, -0.2) is 77.7 Å². The number of piperazine rings is 1. The van der Waals surface area contributed by atoms with E-state index in [1.807, 2.05) is 47.9 Å². The minimum Gasteiger partial charge on any atom is -0.338 e. The zero-order chi connectivity index (χ0) is 20.1. The molecule has 0 unspecified atom stereocenters. The van der Waals surface area contributed by atoms with Gasteiger partial charge in [-0.05, 0) is 19.4 Å². The summed E-state index contributed by atoms with van der Waals surface area (Å²) in [7, 11) is 0. The highest BCUT2D eigenvalue weighted by molar-refractivity contribution is 8.01. The fourth-order valence-corrected chi connectivity index (χ4v) is 5.24. The average Bonchev–Trinajstić information content (AvgIpc) is 2.99. The second-order valence-electron chi connectivity index (χ2n) is 7.24. The van der Waals surface area contributed by atoms with Crippen molar-refractivity contribution in [1.82, 2.24) is 20.0 Å². The number of benzene rings is 1. The van der Waals surface area contributed by atoms with Crippen LogP contribution in [0.2, 0.25) is 5.02 Å². The van der Waals surface area contributed by atoms with Crippen LogP contribution in [0.1, 0.15) is 31.2 Å². The first-order valence-corrected chi connectivity index (χ1v) is 11.3. The van der Waals surface area contributed by atoms with Gasteiger partial charge in [0.05, 0.1) is 5.25 Å². The van der Waals surface area contributed by atoms with Crippen molar-refractivity contribution in [3.63, 3.8) is 0 Å². The Morgan fingerprint density at radius 3 is 2.61 bits per heavy atom.